The summed E-state index contributed by atoms with van der Waals surface area (Å²) in [6, 6.07) is 5.65. The Balaban J connectivity index is 1.83. The average Bonchev–Trinajstić information content (AvgIpc) is 2.91. The van der Waals surface area contributed by atoms with Gasteiger partial charge in [-0.15, -0.1) is 0 Å². The molecule has 1 N–H and O–H groups in total. The zero-order chi connectivity index (χ0) is 13.7. The van der Waals surface area contributed by atoms with E-state index in [1.807, 2.05) is 35.9 Å². The molecule has 1 amide bonds. The average molecular weight is 322 g/mol. The fraction of sp³-hybridized carbons (Fsp3) is 0.286. The Morgan fingerprint density at radius 3 is 3.05 bits per heavy atom. The lowest BCUT2D eigenvalue weighted by atomic mass is 10.1. The summed E-state index contributed by atoms with van der Waals surface area (Å²) in [5.41, 5.74) is 1.69. The minimum Gasteiger partial charge on any atom is -0.352 e. The second-order valence-corrected chi connectivity index (χ2v) is 5.18. The molecule has 0 saturated heterocycles. The molecule has 0 saturated carbocycles. The van der Waals surface area contributed by atoms with Gasteiger partial charge in [-0.3, -0.25) is 4.79 Å². The molecular formula is C14H16BrN3O. The molecule has 4 nitrogen and oxygen atoms in total. The summed E-state index contributed by atoms with van der Waals surface area (Å²) in [5, 5.41) is 2.94. The third kappa shape index (κ3) is 3.67. The normalized spacial score (nSPS) is 10.4. The van der Waals surface area contributed by atoms with Gasteiger partial charge in [-0.05, 0) is 31.0 Å². The van der Waals surface area contributed by atoms with Crippen LogP contribution in [0.3, 0.4) is 0 Å². The largest absolute Gasteiger partial charge is 0.352 e. The van der Waals surface area contributed by atoms with E-state index in [0.717, 1.165) is 28.6 Å². The van der Waals surface area contributed by atoms with E-state index in [4.69, 9.17) is 0 Å². The van der Waals surface area contributed by atoms with Gasteiger partial charge in [0, 0.05) is 35.5 Å². The minimum absolute atomic E-state index is 0.0237. The zero-order valence-corrected chi connectivity index (χ0v) is 12.4. The number of nitrogens with zero attached hydrogens (tertiary/aromatic N) is 2. The molecule has 5 heteroatoms. The first-order valence-corrected chi connectivity index (χ1v) is 6.97. The van der Waals surface area contributed by atoms with Crippen LogP contribution >= 0.6 is 15.9 Å². The molecule has 100 valence electrons. The van der Waals surface area contributed by atoms with E-state index in [0.29, 0.717) is 6.54 Å². The van der Waals surface area contributed by atoms with Crippen LogP contribution in [0.4, 0.5) is 0 Å². The highest BCUT2D eigenvalue weighted by Gasteiger charge is 2.09. The summed E-state index contributed by atoms with van der Waals surface area (Å²) in [6.07, 6.45) is 6.33. The quantitative estimate of drug-likeness (QED) is 0.861. The number of hydrogen-bond acceptors (Lipinski definition) is 2. The molecule has 0 aliphatic carbocycles. The van der Waals surface area contributed by atoms with Crippen LogP contribution in [-0.2, 0) is 6.54 Å². The molecule has 0 aliphatic heterocycles. The number of rotatable bonds is 5. The molecule has 1 aromatic carbocycles. The first kappa shape index (κ1) is 13.8. The number of halogens is 1. The number of carbonyl (C=O) groups is 1. The fourth-order valence-electron chi connectivity index (χ4n) is 1.83. The summed E-state index contributed by atoms with van der Waals surface area (Å²) in [7, 11) is 0. The molecule has 0 radical (unpaired) electrons. The number of benzene rings is 1. The van der Waals surface area contributed by atoms with Gasteiger partial charge in [0.1, 0.15) is 0 Å². The Morgan fingerprint density at radius 1 is 1.47 bits per heavy atom. The van der Waals surface area contributed by atoms with E-state index in [-0.39, 0.29) is 5.91 Å². The molecule has 0 fully saturated rings. The summed E-state index contributed by atoms with van der Waals surface area (Å²) < 4.78 is 2.95. The lowest BCUT2D eigenvalue weighted by Gasteiger charge is -2.09. The highest BCUT2D eigenvalue weighted by Crippen LogP contribution is 2.19. The molecular weight excluding hydrogens is 306 g/mol. The standard InChI is InChI=1S/C14H16BrN3O/c1-11-12(4-2-5-13(11)15)14(19)17-6-3-8-18-9-7-16-10-18/h2,4-5,7,9-10H,3,6,8H2,1H3,(H,17,19). The van der Waals surface area contributed by atoms with Gasteiger partial charge in [0.2, 0.25) is 0 Å². The first-order chi connectivity index (χ1) is 9.18. The minimum atomic E-state index is -0.0237. The van der Waals surface area contributed by atoms with Gasteiger partial charge in [0.15, 0.2) is 0 Å². The van der Waals surface area contributed by atoms with Crippen molar-refractivity contribution < 1.29 is 4.79 Å². The Morgan fingerprint density at radius 2 is 2.32 bits per heavy atom. The van der Waals surface area contributed by atoms with Crippen molar-refractivity contribution in [1.82, 2.24) is 14.9 Å². The van der Waals surface area contributed by atoms with E-state index in [1.165, 1.54) is 0 Å². The van der Waals surface area contributed by atoms with E-state index < -0.39 is 0 Å². The summed E-state index contributed by atoms with van der Waals surface area (Å²) in [5.74, 6) is -0.0237. The van der Waals surface area contributed by atoms with Crippen LogP contribution in [0, 0.1) is 6.92 Å². The topological polar surface area (TPSA) is 46.9 Å². The van der Waals surface area contributed by atoms with E-state index >= 15 is 0 Å². The summed E-state index contributed by atoms with van der Waals surface area (Å²) >= 11 is 3.43. The maximum Gasteiger partial charge on any atom is 0.251 e. The third-order valence-electron chi connectivity index (χ3n) is 2.95. The molecule has 1 heterocycles. The Labute approximate surface area is 121 Å². The van der Waals surface area contributed by atoms with Crippen molar-refractivity contribution in [3.05, 3.63) is 52.5 Å². The lowest BCUT2D eigenvalue weighted by Crippen LogP contribution is -2.25. The van der Waals surface area contributed by atoms with Crippen molar-refractivity contribution in [2.75, 3.05) is 6.54 Å². The van der Waals surface area contributed by atoms with Crippen LogP contribution in [0.15, 0.2) is 41.4 Å². The second kappa shape index (κ2) is 6.52. The number of imidazole rings is 1. The SMILES string of the molecule is Cc1c(Br)cccc1C(=O)NCCCn1ccnc1. The van der Waals surface area contributed by atoms with Gasteiger partial charge in [-0.25, -0.2) is 4.98 Å². The molecule has 0 unspecified atom stereocenters. The molecule has 1 aromatic heterocycles. The maximum atomic E-state index is 12.0. The number of aromatic nitrogens is 2. The van der Waals surface area contributed by atoms with Gasteiger partial charge in [0.25, 0.3) is 5.91 Å². The smallest absolute Gasteiger partial charge is 0.251 e. The van der Waals surface area contributed by atoms with E-state index in [2.05, 4.69) is 26.2 Å². The highest BCUT2D eigenvalue weighted by molar-refractivity contribution is 9.10. The predicted octanol–water partition coefficient (Wildman–Crippen LogP) is 2.77. The van der Waals surface area contributed by atoms with Crippen LogP contribution in [0.2, 0.25) is 0 Å². The van der Waals surface area contributed by atoms with Gasteiger partial charge >= 0.3 is 0 Å². The maximum absolute atomic E-state index is 12.0. The monoisotopic (exact) mass is 321 g/mol. The van der Waals surface area contributed by atoms with Gasteiger partial charge in [0.05, 0.1) is 6.33 Å². The molecule has 0 aliphatic rings. The number of hydrogen-bond donors (Lipinski definition) is 1. The Bertz CT molecular complexity index is 552. The molecule has 0 spiro atoms. The highest BCUT2D eigenvalue weighted by atomic mass is 79.9. The van der Waals surface area contributed by atoms with Crippen molar-refractivity contribution in [1.29, 1.82) is 0 Å². The third-order valence-corrected chi connectivity index (χ3v) is 3.81. The van der Waals surface area contributed by atoms with Crippen molar-refractivity contribution in [3.63, 3.8) is 0 Å². The Kier molecular flexibility index (Phi) is 4.74. The summed E-state index contributed by atoms with van der Waals surface area (Å²) in [6.45, 7) is 3.45. The van der Waals surface area contributed by atoms with Crippen molar-refractivity contribution in [3.8, 4) is 0 Å². The van der Waals surface area contributed by atoms with Crippen LogP contribution in [0.1, 0.15) is 22.3 Å². The zero-order valence-electron chi connectivity index (χ0n) is 10.8. The van der Waals surface area contributed by atoms with Gasteiger partial charge in [-0.2, -0.15) is 0 Å². The second-order valence-electron chi connectivity index (χ2n) is 4.32. The number of nitrogens with one attached hydrogen (secondary N) is 1. The molecule has 0 atom stereocenters. The molecule has 0 bridgehead atoms. The fourth-order valence-corrected chi connectivity index (χ4v) is 2.20. The molecule has 2 aromatic rings. The van der Waals surface area contributed by atoms with Gasteiger partial charge in [-0.1, -0.05) is 22.0 Å². The number of carbonyl (C=O) groups excluding carboxylic acids is 1. The molecule has 2 rings (SSSR count). The molecule has 19 heavy (non-hydrogen) atoms. The van der Waals surface area contributed by atoms with Crippen LogP contribution in [-0.4, -0.2) is 22.0 Å². The van der Waals surface area contributed by atoms with E-state index in [9.17, 15) is 4.79 Å². The first-order valence-electron chi connectivity index (χ1n) is 6.17. The lowest BCUT2D eigenvalue weighted by molar-refractivity contribution is 0.0952. The predicted molar refractivity (Wildman–Crippen MR) is 78.1 cm³/mol. The van der Waals surface area contributed by atoms with Gasteiger partial charge < -0.3 is 9.88 Å². The number of aryl methyl sites for hydroxylation is 1. The number of amides is 1. The van der Waals surface area contributed by atoms with Crippen molar-refractivity contribution in [2.24, 2.45) is 0 Å². The Hall–Kier alpha value is -1.62. The van der Waals surface area contributed by atoms with Crippen molar-refractivity contribution in [2.45, 2.75) is 19.9 Å². The van der Waals surface area contributed by atoms with Crippen LogP contribution < -0.4 is 5.32 Å². The van der Waals surface area contributed by atoms with Crippen LogP contribution in [0.25, 0.3) is 0 Å². The van der Waals surface area contributed by atoms with E-state index in [1.54, 1.807) is 12.5 Å². The van der Waals surface area contributed by atoms with Crippen LogP contribution in [0.5, 0.6) is 0 Å². The summed E-state index contributed by atoms with van der Waals surface area (Å²) in [4.78, 5) is 16.0. The van der Waals surface area contributed by atoms with Crippen molar-refractivity contribution >= 4 is 21.8 Å².